The Morgan fingerprint density at radius 1 is 0.521 bits per heavy atom. The van der Waals surface area contributed by atoms with Crippen molar-refractivity contribution in [3.63, 3.8) is 0 Å². The lowest BCUT2D eigenvalue weighted by Crippen LogP contribution is -2.16. The van der Waals surface area contributed by atoms with Crippen LogP contribution in [0, 0.1) is 0 Å². The van der Waals surface area contributed by atoms with Crippen LogP contribution in [-0.4, -0.2) is 15.0 Å². The van der Waals surface area contributed by atoms with Crippen LogP contribution in [0.5, 0.6) is 5.75 Å². The molecule has 2 aromatic heterocycles. The molecule has 6 aromatic carbocycles. The van der Waals surface area contributed by atoms with E-state index in [9.17, 15) is 0 Å². The zero-order valence-electron chi connectivity index (χ0n) is 25.7. The van der Waals surface area contributed by atoms with Crippen LogP contribution >= 0.6 is 11.3 Å². The van der Waals surface area contributed by atoms with Crippen molar-refractivity contribution in [2.75, 3.05) is 0 Å². The molecule has 0 amide bonds. The van der Waals surface area contributed by atoms with E-state index in [1.165, 1.54) is 42.4 Å². The first-order valence-electron chi connectivity index (χ1n) is 16.2. The Bertz CT molecular complexity index is 2560. The molecule has 0 bridgehead atoms. The van der Waals surface area contributed by atoms with E-state index in [1.807, 2.05) is 18.2 Å². The average molecular weight is 634 g/mol. The fourth-order valence-electron chi connectivity index (χ4n) is 7.33. The predicted octanol–water partition coefficient (Wildman–Crippen LogP) is 11.0. The van der Waals surface area contributed by atoms with Gasteiger partial charge in [-0.15, -0.1) is 11.3 Å². The van der Waals surface area contributed by atoms with E-state index < -0.39 is 0 Å². The molecule has 0 spiro atoms. The summed E-state index contributed by atoms with van der Waals surface area (Å²) < 4.78 is 9.22. The molecule has 1 aliphatic carbocycles. The fraction of sp³-hybridized carbons (Fsp3) is 0.0465. The molecule has 2 atom stereocenters. The van der Waals surface area contributed by atoms with Crippen molar-refractivity contribution in [2.24, 2.45) is 0 Å². The SMILES string of the molecule is C1=C(c2ccccc2)C2c3cc(-c4nc(-c5ccccc5)nc(-c5cccc6sc7ccccc7c56)n4)ccc3OC2c2ccccc21. The standard InChI is InChI=1S/C43H27N3OS/c1-3-12-26(13-4-1)33-24-28-16-7-8-17-30(28)40-39(33)34-25-29(22-23-35(34)47-40)42-44-41(27-14-5-2-6-15-27)45-43(46-42)32-19-11-21-37-38(32)31-18-9-10-20-36(31)48-37/h1-25,39-40H. The molecular formula is C43H27N3OS. The van der Waals surface area contributed by atoms with Crippen molar-refractivity contribution in [3.8, 4) is 39.9 Å². The van der Waals surface area contributed by atoms with E-state index in [1.54, 1.807) is 11.3 Å². The molecule has 2 aliphatic rings. The van der Waals surface area contributed by atoms with Crippen LogP contribution < -0.4 is 4.74 Å². The van der Waals surface area contributed by atoms with Crippen LogP contribution in [0.3, 0.4) is 0 Å². The van der Waals surface area contributed by atoms with Crippen LogP contribution in [0.15, 0.2) is 146 Å². The number of hydrogen-bond donors (Lipinski definition) is 0. The van der Waals surface area contributed by atoms with Gasteiger partial charge in [0.25, 0.3) is 0 Å². The molecule has 10 rings (SSSR count). The van der Waals surface area contributed by atoms with Gasteiger partial charge in [-0.1, -0.05) is 115 Å². The Morgan fingerprint density at radius 2 is 1.21 bits per heavy atom. The highest BCUT2D eigenvalue weighted by Gasteiger charge is 2.41. The minimum Gasteiger partial charge on any atom is -0.484 e. The number of ether oxygens (including phenoxy) is 1. The minimum atomic E-state index is -0.107. The smallest absolute Gasteiger partial charge is 0.164 e. The summed E-state index contributed by atoms with van der Waals surface area (Å²) in [7, 11) is 0. The highest BCUT2D eigenvalue weighted by Crippen LogP contribution is 2.56. The first-order valence-corrected chi connectivity index (χ1v) is 17.0. The van der Waals surface area contributed by atoms with E-state index in [0.29, 0.717) is 17.5 Å². The third-order valence-electron chi connectivity index (χ3n) is 9.53. The van der Waals surface area contributed by atoms with Crippen molar-refractivity contribution < 1.29 is 4.74 Å². The Balaban J connectivity index is 1.17. The van der Waals surface area contributed by atoms with Gasteiger partial charge in [-0.3, -0.25) is 0 Å². The summed E-state index contributed by atoms with van der Waals surface area (Å²) in [6, 6.07) is 50.8. The van der Waals surface area contributed by atoms with E-state index in [-0.39, 0.29) is 12.0 Å². The molecule has 0 N–H and O–H groups in total. The zero-order chi connectivity index (χ0) is 31.6. The van der Waals surface area contributed by atoms with Gasteiger partial charge in [0.2, 0.25) is 0 Å². The van der Waals surface area contributed by atoms with Crippen LogP contribution in [0.25, 0.3) is 66.0 Å². The van der Waals surface area contributed by atoms with Gasteiger partial charge in [0.15, 0.2) is 17.5 Å². The number of benzene rings is 6. The predicted molar refractivity (Wildman–Crippen MR) is 196 cm³/mol. The molecule has 0 saturated heterocycles. The Hall–Kier alpha value is -5.91. The number of hydrogen-bond acceptors (Lipinski definition) is 5. The van der Waals surface area contributed by atoms with Gasteiger partial charge in [0.05, 0.1) is 5.92 Å². The quantitative estimate of drug-likeness (QED) is 0.193. The van der Waals surface area contributed by atoms with Crippen LogP contribution in [0.4, 0.5) is 0 Å². The third kappa shape index (κ3) is 4.32. The van der Waals surface area contributed by atoms with Crippen molar-refractivity contribution in [3.05, 3.63) is 168 Å². The summed E-state index contributed by atoms with van der Waals surface area (Å²) in [6.07, 6.45) is 2.22. The topological polar surface area (TPSA) is 47.9 Å². The molecule has 3 heterocycles. The van der Waals surface area contributed by atoms with Crippen molar-refractivity contribution in [1.82, 2.24) is 15.0 Å². The first kappa shape index (κ1) is 27.2. The monoisotopic (exact) mass is 633 g/mol. The van der Waals surface area contributed by atoms with Crippen LogP contribution in [0.1, 0.15) is 34.3 Å². The molecule has 0 radical (unpaired) electrons. The van der Waals surface area contributed by atoms with Gasteiger partial charge in [0.1, 0.15) is 11.9 Å². The minimum absolute atomic E-state index is 0.0399. The summed E-state index contributed by atoms with van der Waals surface area (Å²) in [5.41, 5.74) is 8.92. The number of aromatic nitrogens is 3. The number of fused-ring (bicyclic) bond motifs is 8. The summed E-state index contributed by atoms with van der Waals surface area (Å²) in [5.74, 6) is 2.90. The highest BCUT2D eigenvalue weighted by molar-refractivity contribution is 7.25. The molecule has 5 heteroatoms. The first-order chi connectivity index (χ1) is 23.8. The summed E-state index contributed by atoms with van der Waals surface area (Å²) in [4.78, 5) is 15.4. The lowest BCUT2D eigenvalue weighted by Gasteiger charge is -2.28. The Kier molecular flexibility index (Phi) is 6.14. The normalized spacial score (nSPS) is 16.2. The second-order valence-corrected chi connectivity index (χ2v) is 13.4. The van der Waals surface area contributed by atoms with Gasteiger partial charge >= 0.3 is 0 Å². The lowest BCUT2D eigenvalue weighted by molar-refractivity contribution is 0.226. The maximum absolute atomic E-state index is 6.75. The fourth-order valence-corrected chi connectivity index (χ4v) is 8.47. The second-order valence-electron chi connectivity index (χ2n) is 12.3. The maximum Gasteiger partial charge on any atom is 0.164 e. The molecule has 8 aromatic rings. The largest absolute Gasteiger partial charge is 0.484 e. The summed E-state index contributed by atoms with van der Waals surface area (Å²) in [5, 5.41) is 2.40. The van der Waals surface area contributed by atoms with Gasteiger partial charge in [-0.25, -0.2) is 15.0 Å². The molecule has 2 unspecified atom stereocenters. The van der Waals surface area contributed by atoms with E-state index >= 15 is 0 Å². The van der Waals surface area contributed by atoms with Gasteiger partial charge in [0, 0.05) is 48.0 Å². The van der Waals surface area contributed by atoms with E-state index in [4.69, 9.17) is 19.7 Å². The average Bonchev–Trinajstić information content (AvgIpc) is 3.74. The van der Waals surface area contributed by atoms with Crippen molar-refractivity contribution in [1.29, 1.82) is 0 Å². The zero-order valence-corrected chi connectivity index (χ0v) is 26.6. The van der Waals surface area contributed by atoms with Gasteiger partial charge < -0.3 is 4.74 Å². The summed E-state index contributed by atoms with van der Waals surface area (Å²) in [6.45, 7) is 0. The van der Waals surface area contributed by atoms with Crippen molar-refractivity contribution in [2.45, 2.75) is 12.0 Å². The molecule has 4 nitrogen and oxygen atoms in total. The van der Waals surface area contributed by atoms with Crippen LogP contribution in [-0.2, 0) is 0 Å². The van der Waals surface area contributed by atoms with Crippen molar-refractivity contribution >= 4 is 43.2 Å². The number of rotatable bonds is 4. The Morgan fingerprint density at radius 3 is 2.06 bits per heavy atom. The molecular weight excluding hydrogens is 607 g/mol. The molecule has 1 aliphatic heterocycles. The van der Waals surface area contributed by atoms with Crippen LogP contribution in [0.2, 0.25) is 0 Å². The number of thiophene rings is 1. The molecule has 226 valence electrons. The lowest BCUT2D eigenvalue weighted by atomic mass is 9.76. The van der Waals surface area contributed by atoms with Gasteiger partial charge in [-0.2, -0.15) is 0 Å². The third-order valence-corrected chi connectivity index (χ3v) is 10.7. The molecule has 0 fully saturated rings. The maximum atomic E-state index is 6.75. The molecule has 0 saturated carbocycles. The van der Waals surface area contributed by atoms with E-state index in [2.05, 4.69) is 133 Å². The number of nitrogens with zero attached hydrogens (tertiary/aromatic N) is 3. The summed E-state index contributed by atoms with van der Waals surface area (Å²) >= 11 is 1.80. The highest BCUT2D eigenvalue weighted by atomic mass is 32.1. The van der Waals surface area contributed by atoms with E-state index in [0.717, 1.165) is 28.0 Å². The second kappa shape index (κ2) is 10.8. The molecule has 48 heavy (non-hydrogen) atoms. The van der Waals surface area contributed by atoms with Gasteiger partial charge in [-0.05, 0) is 53.1 Å². The Labute approximate surface area is 281 Å².